The van der Waals surface area contributed by atoms with E-state index in [1.807, 2.05) is 45.0 Å². The lowest BCUT2D eigenvalue weighted by atomic mass is 10.2. The number of rotatable bonds is 5. The SMILES string of the molecule is CCNC(N)=NCC(C)Oc1ccccc1C. The highest BCUT2D eigenvalue weighted by atomic mass is 16.5. The van der Waals surface area contributed by atoms with Crippen LogP contribution in [0.2, 0.25) is 0 Å². The van der Waals surface area contributed by atoms with Crippen LogP contribution in [0.1, 0.15) is 19.4 Å². The third kappa shape index (κ3) is 4.76. The van der Waals surface area contributed by atoms with E-state index in [-0.39, 0.29) is 6.10 Å². The molecule has 3 N–H and O–H groups in total. The Morgan fingerprint density at radius 1 is 1.47 bits per heavy atom. The van der Waals surface area contributed by atoms with Crippen LogP contribution in [0.25, 0.3) is 0 Å². The first-order valence-electron chi connectivity index (χ1n) is 5.89. The van der Waals surface area contributed by atoms with Crippen LogP contribution < -0.4 is 15.8 Å². The van der Waals surface area contributed by atoms with Crippen molar-refractivity contribution in [1.82, 2.24) is 5.32 Å². The van der Waals surface area contributed by atoms with Gasteiger partial charge in [-0.2, -0.15) is 0 Å². The van der Waals surface area contributed by atoms with Gasteiger partial charge >= 0.3 is 0 Å². The number of para-hydroxylation sites is 1. The van der Waals surface area contributed by atoms with Gasteiger partial charge < -0.3 is 15.8 Å². The van der Waals surface area contributed by atoms with Gasteiger partial charge in [0.25, 0.3) is 0 Å². The second-order valence-corrected chi connectivity index (χ2v) is 3.95. The third-order valence-corrected chi connectivity index (χ3v) is 2.30. The molecule has 0 aliphatic rings. The van der Waals surface area contributed by atoms with Crippen LogP contribution in [0.3, 0.4) is 0 Å². The van der Waals surface area contributed by atoms with Crippen molar-refractivity contribution in [1.29, 1.82) is 0 Å². The van der Waals surface area contributed by atoms with Gasteiger partial charge in [-0.05, 0) is 32.4 Å². The summed E-state index contributed by atoms with van der Waals surface area (Å²) in [7, 11) is 0. The normalized spacial score (nSPS) is 13.2. The number of nitrogens with two attached hydrogens (primary N) is 1. The number of nitrogens with zero attached hydrogens (tertiary/aromatic N) is 1. The average Bonchev–Trinajstić information content (AvgIpc) is 2.30. The fourth-order valence-corrected chi connectivity index (χ4v) is 1.41. The van der Waals surface area contributed by atoms with E-state index in [1.54, 1.807) is 0 Å². The lowest BCUT2D eigenvalue weighted by Crippen LogP contribution is -2.32. The first kappa shape index (κ1) is 13.4. The Morgan fingerprint density at radius 3 is 2.82 bits per heavy atom. The Bertz CT molecular complexity index is 377. The van der Waals surface area contributed by atoms with Crippen molar-refractivity contribution in [3.8, 4) is 5.75 Å². The summed E-state index contributed by atoms with van der Waals surface area (Å²) in [4.78, 5) is 4.20. The molecular formula is C13H21N3O. The number of ether oxygens (including phenoxy) is 1. The summed E-state index contributed by atoms with van der Waals surface area (Å²) in [6.45, 7) is 7.32. The molecule has 0 aliphatic carbocycles. The number of nitrogens with one attached hydrogen (secondary N) is 1. The lowest BCUT2D eigenvalue weighted by molar-refractivity contribution is 0.229. The van der Waals surface area contributed by atoms with Gasteiger partial charge in [0.05, 0.1) is 6.54 Å². The molecule has 0 saturated carbocycles. The summed E-state index contributed by atoms with van der Waals surface area (Å²) in [5.41, 5.74) is 6.77. The Balaban J connectivity index is 2.47. The van der Waals surface area contributed by atoms with Crippen molar-refractivity contribution >= 4 is 5.96 Å². The number of guanidine groups is 1. The highest BCUT2D eigenvalue weighted by Crippen LogP contribution is 2.17. The molecule has 1 aromatic carbocycles. The molecule has 0 saturated heterocycles. The van der Waals surface area contributed by atoms with Crippen LogP contribution in [0.15, 0.2) is 29.3 Å². The van der Waals surface area contributed by atoms with E-state index < -0.39 is 0 Å². The van der Waals surface area contributed by atoms with Crippen molar-refractivity contribution < 1.29 is 4.74 Å². The zero-order valence-corrected chi connectivity index (χ0v) is 10.7. The predicted octanol–water partition coefficient (Wildman–Crippen LogP) is 1.69. The molecule has 1 unspecified atom stereocenters. The summed E-state index contributed by atoms with van der Waals surface area (Å²) in [6, 6.07) is 7.95. The summed E-state index contributed by atoms with van der Waals surface area (Å²) in [5.74, 6) is 1.37. The molecule has 0 spiro atoms. The molecule has 17 heavy (non-hydrogen) atoms. The van der Waals surface area contributed by atoms with E-state index >= 15 is 0 Å². The summed E-state index contributed by atoms with van der Waals surface area (Å²) in [6.07, 6.45) is 0.00769. The largest absolute Gasteiger partial charge is 0.489 e. The van der Waals surface area contributed by atoms with Crippen molar-refractivity contribution in [3.05, 3.63) is 29.8 Å². The highest BCUT2D eigenvalue weighted by Gasteiger charge is 2.05. The third-order valence-electron chi connectivity index (χ3n) is 2.30. The molecular weight excluding hydrogens is 214 g/mol. The fourth-order valence-electron chi connectivity index (χ4n) is 1.41. The molecule has 0 radical (unpaired) electrons. The fraction of sp³-hybridized carbons (Fsp3) is 0.462. The molecule has 0 aromatic heterocycles. The molecule has 94 valence electrons. The van der Waals surface area contributed by atoms with Gasteiger partial charge in [0, 0.05) is 6.54 Å². The van der Waals surface area contributed by atoms with Gasteiger partial charge in [-0.1, -0.05) is 18.2 Å². The lowest BCUT2D eigenvalue weighted by Gasteiger charge is -2.14. The molecule has 4 nitrogen and oxygen atoms in total. The maximum atomic E-state index is 5.78. The van der Waals surface area contributed by atoms with Crippen LogP contribution >= 0.6 is 0 Å². The topological polar surface area (TPSA) is 59.6 Å². The Hall–Kier alpha value is -1.71. The number of hydrogen-bond acceptors (Lipinski definition) is 2. The van der Waals surface area contributed by atoms with Crippen LogP contribution in [0.4, 0.5) is 0 Å². The Kier molecular flexibility index (Phi) is 5.33. The second kappa shape index (κ2) is 6.78. The first-order chi connectivity index (χ1) is 8.13. The minimum Gasteiger partial charge on any atom is -0.489 e. The van der Waals surface area contributed by atoms with Gasteiger partial charge in [0.2, 0.25) is 0 Å². The molecule has 1 rings (SSSR count). The van der Waals surface area contributed by atoms with Crippen LogP contribution in [-0.4, -0.2) is 25.2 Å². The molecule has 0 amide bonds. The van der Waals surface area contributed by atoms with Gasteiger partial charge in [-0.15, -0.1) is 0 Å². The van der Waals surface area contributed by atoms with Crippen molar-refractivity contribution in [2.75, 3.05) is 13.1 Å². The van der Waals surface area contributed by atoms with Crippen molar-refractivity contribution in [2.45, 2.75) is 26.9 Å². The molecule has 1 atom stereocenters. The Morgan fingerprint density at radius 2 is 2.18 bits per heavy atom. The number of hydrogen-bond donors (Lipinski definition) is 2. The number of aryl methyl sites for hydroxylation is 1. The smallest absolute Gasteiger partial charge is 0.188 e. The maximum absolute atomic E-state index is 5.78. The Labute approximate surface area is 103 Å². The van der Waals surface area contributed by atoms with E-state index in [9.17, 15) is 0 Å². The van der Waals surface area contributed by atoms with E-state index in [1.165, 1.54) is 0 Å². The summed E-state index contributed by atoms with van der Waals surface area (Å²) >= 11 is 0. The number of aliphatic imine (C=N–C) groups is 1. The summed E-state index contributed by atoms with van der Waals surface area (Å²) in [5, 5.41) is 2.95. The molecule has 1 aromatic rings. The zero-order chi connectivity index (χ0) is 12.7. The highest BCUT2D eigenvalue weighted by molar-refractivity contribution is 5.77. The monoisotopic (exact) mass is 235 g/mol. The minimum atomic E-state index is 0.00769. The van der Waals surface area contributed by atoms with Gasteiger partial charge in [0.15, 0.2) is 5.96 Å². The first-order valence-corrected chi connectivity index (χ1v) is 5.89. The van der Waals surface area contributed by atoms with E-state index in [0.29, 0.717) is 12.5 Å². The molecule has 0 aliphatic heterocycles. The molecule has 0 heterocycles. The molecule has 0 fully saturated rings. The standard InChI is InChI=1S/C13H21N3O/c1-4-15-13(14)16-9-11(3)17-12-8-6-5-7-10(12)2/h5-8,11H,4,9H2,1-3H3,(H3,14,15,16). The van der Waals surface area contributed by atoms with E-state index in [0.717, 1.165) is 17.9 Å². The van der Waals surface area contributed by atoms with Gasteiger partial charge in [-0.3, -0.25) is 0 Å². The van der Waals surface area contributed by atoms with Crippen LogP contribution in [0.5, 0.6) is 5.75 Å². The predicted molar refractivity (Wildman–Crippen MR) is 71.4 cm³/mol. The number of benzene rings is 1. The van der Waals surface area contributed by atoms with Gasteiger partial charge in [-0.25, -0.2) is 4.99 Å². The second-order valence-electron chi connectivity index (χ2n) is 3.95. The average molecular weight is 235 g/mol. The zero-order valence-electron chi connectivity index (χ0n) is 10.7. The molecule has 4 heteroatoms. The minimum absolute atomic E-state index is 0.00769. The van der Waals surface area contributed by atoms with Crippen molar-refractivity contribution in [2.24, 2.45) is 10.7 Å². The van der Waals surface area contributed by atoms with Crippen LogP contribution in [-0.2, 0) is 0 Å². The van der Waals surface area contributed by atoms with Crippen LogP contribution in [0, 0.1) is 6.92 Å². The maximum Gasteiger partial charge on any atom is 0.188 e. The van der Waals surface area contributed by atoms with E-state index in [2.05, 4.69) is 10.3 Å². The molecule has 0 bridgehead atoms. The van der Waals surface area contributed by atoms with E-state index in [4.69, 9.17) is 10.5 Å². The quantitative estimate of drug-likeness (QED) is 0.603. The van der Waals surface area contributed by atoms with Gasteiger partial charge in [0.1, 0.15) is 11.9 Å². The van der Waals surface area contributed by atoms with Crippen molar-refractivity contribution in [3.63, 3.8) is 0 Å². The summed E-state index contributed by atoms with van der Waals surface area (Å²) < 4.78 is 5.78.